The zero-order chi connectivity index (χ0) is 10.5. The van der Waals surface area contributed by atoms with Crippen LogP contribution in [0, 0.1) is 0 Å². The van der Waals surface area contributed by atoms with Gasteiger partial charge in [-0.2, -0.15) is 0 Å². The van der Waals surface area contributed by atoms with E-state index in [1.54, 1.807) is 0 Å². The summed E-state index contributed by atoms with van der Waals surface area (Å²) in [5, 5.41) is 0. The van der Waals surface area contributed by atoms with Crippen molar-refractivity contribution >= 4 is 27.8 Å². The topological polar surface area (TPSA) is 31.4 Å². The molecular weight excluding hydrogens is 302 g/mol. The summed E-state index contributed by atoms with van der Waals surface area (Å²) in [6.45, 7) is 0. The monoisotopic (exact) mass is 310 g/mol. The van der Waals surface area contributed by atoms with E-state index in [1.807, 2.05) is 36.4 Å². The molecule has 2 aromatic carbocycles. The Hall–Kier alpha value is -1.23. The zero-order valence-corrected chi connectivity index (χ0v) is 11.8. The molecule has 0 spiro atoms. The van der Waals surface area contributed by atoms with Crippen LogP contribution in [0.3, 0.4) is 0 Å². The van der Waals surface area contributed by atoms with Crippen LogP contribution in [0.2, 0.25) is 0 Å². The molecule has 0 aliphatic heterocycles. The molecule has 5 heteroatoms. The van der Waals surface area contributed by atoms with Gasteiger partial charge in [0.1, 0.15) is 0 Å². The van der Waals surface area contributed by atoms with Gasteiger partial charge in [-0.25, -0.2) is 0 Å². The van der Waals surface area contributed by atoms with Gasteiger partial charge in [-0.15, -0.1) is 0 Å². The van der Waals surface area contributed by atoms with Gasteiger partial charge in [0.15, 0.2) is 0 Å². The first-order valence-corrected chi connectivity index (χ1v) is 5.22. The van der Waals surface area contributed by atoms with E-state index in [1.165, 1.54) is 0 Å². The minimum atomic E-state index is 0. The second-order valence-corrected chi connectivity index (χ2v) is 3.84. The van der Waals surface area contributed by atoms with Crippen molar-refractivity contribution in [2.75, 3.05) is 0 Å². The number of nitrogens with zero attached hydrogens (tertiary/aromatic N) is 3. The van der Waals surface area contributed by atoms with E-state index in [0.29, 0.717) is 0 Å². The Kier molecular flexibility index (Phi) is 3.53. The SMILES string of the molecule is [Cr].[Cr].c1ccc2c(c1)nc1[n-]c3ccccc3n12. The summed E-state index contributed by atoms with van der Waals surface area (Å²) >= 11 is 0. The zero-order valence-electron chi connectivity index (χ0n) is 9.28. The first kappa shape index (κ1) is 13.2. The quantitative estimate of drug-likeness (QED) is 0.500. The van der Waals surface area contributed by atoms with E-state index < -0.39 is 0 Å². The van der Waals surface area contributed by atoms with Crippen LogP contribution in [0.1, 0.15) is 0 Å². The second kappa shape index (κ2) is 4.80. The molecule has 0 fully saturated rings. The van der Waals surface area contributed by atoms with Crippen molar-refractivity contribution in [3.63, 3.8) is 0 Å². The smallest absolute Gasteiger partial charge is 0.0273 e. The fourth-order valence-corrected chi connectivity index (χ4v) is 2.18. The van der Waals surface area contributed by atoms with Crippen molar-refractivity contribution in [3.05, 3.63) is 48.5 Å². The van der Waals surface area contributed by atoms with Gasteiger partial charge >= 0.3 is 0 Å². The van der Waals surface area contributed by atoms with E-state index in [2.05, 4.69) is 26.5 Å². The van der Waals surface area contributed by atoms with Gasteiger partial charge in [0.2, 0.25) is 0 Å². The average Bonchev–Trinajstić information content (AvgIpc) is 2.83. The minimum Gasteiger partial charge on any atom is -0.366 e. The Bertz CT molecular complexity index is 751. The molecule has 0 saturated carbocycles. The molecular formula is C13H8Cr2N3-. The van der Waals surface area contributed by atoms with Gasteiger partial charge in [-0.3, -0.25) is 0 Å². The first-order chi connectivity index (χ1) is 7.93. The van der Waals surface area contributed by atoms with Crippen LogP contribution >= 0.6 is 0 Å². The summed E-state index contributed by atoms with van der Waals surface area (Å²) in [6, 6.07) is 16.2. The van der Waals surface area contributed by atoms with E-state index in [0.717, 1.165) is 27.8 Å². The average molecular weight is 310 g/mol. The predicted octanol–water partition coefficient (Wildman–Crippen LogP) is 2.59. The number of hydrogen-bond acceptors (Lipinski definition) is 1. The Morgan fingerprint density at radius 1 is 0.833 bits per heavy atom. The van der Waals surface area contributed by atoms with Crippen LogP contribution in [-0.2, 0) is 34.7 Å². The molecule has 0 atom stereocenters. The fourth-order valence-electron chi connectivity index (χ4n) is 2.18. The van der Waals surface area contributed by atoms with Crippen LogP contribution in [0.4, 0.5) is 0 Å². The van der Waals surface area contributed by atoms with Gasteiger partial charge in [0.25, 0.3) is 0 Å². The molecule has 0 unspecified atom stereocenters. The number of fused-ring (bicyclic) bond motifs is 5. The van der Waals surface area contributed by atoms with Crippen molar-refractivity contribution in [2.24, 2.45) is 0 Å². The Balaban J connectivity index is 0.000000602. The molecule has 0 radical (unpaired) electrons. The van der Waals surface area contributed by atoms with Gasteiger partial charge in [-0.1, -0.05) is 48.5 Å². The summed E-state index contributed by atoms with van der Waals surface area (Å²) < 4.78 is 2.10. The Labute approximate surface area is 125 Å². The van der Waals surface area contributed by atoms with Crippen molar-refractivity contribution in [1.29, 1.82) is 0 Å². The summed E-state index contributed by atoms with van der Waals surface area (Å²) in [5.41, 5.74) is 4.23. The number of aromatic nitrogens is 3. The van der Waals surface area contributed by atoms with Gasteiger partial charge in [-0.05, 0) is 0 Å². The number of benzene rings is 2. The van der Waals surface area contributed by atoms with E-state index in [4.69, 9.17) is 0 Å². The molecule has 3 nitrogen and oxygen atoms in total. The van der Waals surface area contributed by atoms with Gasteiger partial charge in [0.05, 0.1) is 0 Å². The van der Waals surface area contributed by atoms with Crippen molar-refractivity contribution in [2.45, 2.75) is 0 Å². The number of para-hydroxylation sites is 4. The minimum absolute atomic E-state index is 0. The number of hydrogen-bond donors (Lipinski definition) is 0. The number of rotatable bonds is 0. The molecule has 18 heavy (non-hydrogen) atoms. The third-order valence-electron chi connectivity index (χ3n) is 2.89. The summed E-state index contributed by atoms with van der Waals surface area (Å²) in [5.74, 6) is 0.780. The second-order valence-electron chi connectivity index (χ2n) is 3.84. The summed E-state index contributed by atoms with van der Waals surface area (Å²) in [7, 11) is 0. The van der Waals surface area contributed by atoms with E-state index in [-0.39, 0.29) is 34.7 Å². The first-order valence-electron chi connectivity index (χ1n) is 5.22. The van der Waals surface area contributed by atoms with Gasteiger partial charge < -0.3 is 14.4 Å². The molecule has 0 aliphatic rings. The molecule has 0 aliphatic carbocycles. The molecule has 4 rings (SSSR count). The molecule has 88 valence electrons. The normalized spacial score (nSPS) is 10.4. The fraction of sp³-hybridized carbons (Fsp3) is 0. The molecule has 2 aromatic heterocycles. The van der Waals surface area contributed by atoms with Crippen molar-refractivity contribution in [1.82, 2.24) is 14.4 Å². The van der Waals surface area contributed by atoms with E-state index >= 15 is 0 Å². The van der Waals surface area contributed by atoms with Crippen LogP contribution in [0.5, 0.6) is 0 Å². The molecule has 0 saturated heterocycles. The summed E-state index contributed by atoms with van der Waals surface area (Å²) in [4.78, 5) is 9.01. The van der Waals surface area contributed by atoms with Gasteiger partial charge in [0, 0.05) is 62.6 Å². The third kappa shape index (κ3) is 1.69. The summed E-state index contributed by atoms with van der Waals surface area (Å²) in [6.07, 6.45) is 0. The Morgan fingerprint density at radius 2 is 1.50 bits per heavy atom. The Morgan fingerprint density at radius 3 is 2.33 bits per heavy atom. The van der Waals surface area contributed by atoms with Crippen LogP contribution in [-0.4, -0.2) is 9.38 Å². The molecule has 0 amide bonds. The standard InChI is InChI=1S/C13H8N3.2Cr/c1-3-7-11-9(5-1)14-13-15-10-6-2-4-8-12(10)16(11)13;;/h1-8H;;/q-1;;. The molecule has 2 heterocycles. The predicted molar refractivity (Wildman–Crippen MR) is 63.5 cm³/mol. The molecule has 4 aromatic rings. The maximum absolute atomic E-state index is 4.50. The van der Waals surface area contributed by atoms with Crippen LogP contribution in [0.15, 0.2) is 48.5 Å². The third-order valence-corrected chi connectivity index (χ3v) is 2.89. The maximum Gasteiger partial charge on any atom is 0.0273 e. The van der Waals surface area contributed by atoms with Crippen LogP contribution < -0.4 is 4.98 Å². The van der Waals surface area contributed by atoms with Crippen molar-refractivity contribution in [3.8, 4) is 0 Å². The van der Waals surface area contributed by atoms with Crippen molar-refractivity contribution < 1.29 is 34.7 Å². The van der Waals surface area contributed by atoms with Crippen LogP contribution in [0.25, 0.3) is 27.8 Å². The number of imidazole rings is 2. The maximum atomic E-state index is 4.50. The molecule has 0 bridgehead atoms. The van der Waals surface area contributed by atoms with E-state index in [9.17, 15) is 0 Å². The molecule has 0 N–H and O–H groups in total. The largest absolute Gasteiger partial charge is 0.366 e.